The van der Waals surface area contributed by atoms with Crippen LogP contribution >= 0.6 is 0 Å². The molecule has 2 aromatic carbocycles. The van der Waals surface area contributed by atoms with Gasteiger partial charge in [0.05, 0.1) is 4.90 Å². The predicted molar refractivity (Wildman–Crippen MR) is 107 cm³/mol. The van der Waals surface area contributed by atoms with E-state index >= 15 is 0 Å². The van der Waals surface area contributed by atoms with Crippen LogP contribution in [0.2, 0.25) is 0 Å². The van der Waals surface area contributed by atoms with Crippen molar-refractivity contribution in [2.75, 3.05) is 18.9 Å². The van der Waals surface area contributed by atoms with E-state index < -0.39 is 21.7 Å². The first kappa shape index (κ1) is 20.5. The van der Waals surface area contributed by atoms with Crippen LogP contribution in [0.3, 0.4) is 0 Å². The molecule has 0 spiro atoms. The molecule has 0 aliphatic heterocycles. The third-order valence-corrected chi connectivity index (χ3v) is 6.97. The third-order valence-electron chi connectivity index (χ3n) is 5.15. The highest BCUT2D eigenvalue weighted by molar-refractivity contribution is 7.89. The van der Waals surface area contributed by atoms with Gasteiger partial charge in [0.2, 0.25) is 10.0 Å². The van der Waals surface area contributed by atoms with E-state index in [0.29, 0.717) is 18.2 Å². The third kappa shape index (κ3) is 4.97. The Morgan fingerprint density at radius 2 is 1.79 bits per heavy atom. The normalized spacial score (nSPS) is 15.5. The summed E-state index contributed by atoms with van der Waals surface area (Å²) in [6.07, 6.45) is 5.63. The molecule has 0 bridgehead atoms. The number of halogens is 1. The van der Waals surface area contributed by atoms with Gasteiger partial charge in [0, 0.05) is 24.8 Å². The van der Waals surface area contributed by atoms with Gasteiger partial charge in [-0.1, -0.05) is 25.3 Å². The smallest absolute Gasteiger partial charge is 0.255 e. The molecule has 0 heterocycles. The van der Waals surface area contributed by atoms with Crippen molar-refractivity contribution in [3.05, 3.63) is 59.9 Å². The topological polar surface area (TPSA) is 66.5 Å². The molecule has 3 rings (SSSR count). The van der Waals surface area contributed by atoms with E-state index in [4.69, 9.17) is 0 Å². The van der Waals surface area contributed by atoms with Gasteiger partial charge in [0.15, 0.2) is 0 Å². The second kappa shape index (κ2) is 8.84. The van der Waals surface area contributed by atoms with Gasteiger partial charge in [-0.3, -0.25) is 4.79 Å². The first-order chi connectivity index (χ1) is 13.4. The number of amides is 1. The first-order valence-electron chi connectivity index (χ1n) is 9.49. The molecule has 7 heteroatoms. The number of sulfonamides is 1. The fourth-order valence-corrected chi connectivity index (χ4v) is 4.84. The molecule has 0 atom stereocenters. The number of nitrogens with one attached hydrogen (secondary N) is 1. The van der Waals surface area contributed by atoms with Crippen LogP contribution in [-0.2, 0) is 10.0 Å². The number of nitrogens with zero attached hydrogens (tertiary/aromatic N) is 1. The number of benzene rings is 2. The van der Waals surface area contributed by atoms with Crippen LogP contribution in [0.4, 0.5) is 10.1 Å². The van der Waals surface area contributed by atoms with Gasteiger partial charge >= 0.3 is 0 Å². The molecule has 1 fully saturated rings. The van der Waals surface area contributed by atoms with Crippen LogP contribution in [0.15, 0.2) is 53.4 Å². The van der Waals surface area contributed by atoms with Crippen molar-refractivity contribution in [3.8, 4) is 0 Å². The van der Waals surface area contributed by atoms with Crippen LogP contribution < -0.4 is 5.32 Å². The van der Waals surface area contributed by atoms with Crippen LogP contribution in [0.1, 0.15) is 42.5 Å². The molecule has 5 nitrogen and oxygen atoms in total. The molecule has 28 heavy (non-hydrogen) atoms. The molecule has 0 aromatic heterocycles. The Kier molecular flexibility index (Phi) is 6.46. The number of hydrogen-bond donors (Lipinski definition) is 1. The zero-order valence-electron chi connectivity index (χ0n) is 15.9. The molecular formula is C21H25FN2O3S. The molecule has 1 aliphatic carbocycles. The Hall–Kier alpha value is -2.25. The Morgan fingerprint density at radius 3 is 2.46 bits per heavy atom. The summed E-state index contributed by atoms with van der Waals surface area (Å²) in [7, 11) is -2.08. The minimum Gasteiger partial charge on any atom is -0.322 e. The Bertz CT molecular complexity index is 923. The highest BCUT2D eigenvalue weighted by Crippen LogP contribution is 2.26. The fraction of sp³-hybridized carbons (Fsp3) is 0.381. The van der Waals surface area contributed by atoms with Gasteiger partial charge in [0.1, 0.15) is 5.82 Å². The summed E-state index contributed by atoms with van der Waals surface area (Å²) < 4.78 is 40.2. The summed E-state index contributed by atoms with van der Waals surface area (Å²) >= 11 is 0. The quantitative estimate of drug-likeness (QED) is 0.781. The van der Waals surface area contributed by atoms with E-state index in [-0.39, 0.29) is 10.5 Å². The molecule has 1 saturated carbocycles. The van der Waals surface area contributed by atoms with Crippen molar-refractivity contribution in [2.45, 2.75) is 37.0 Å². The maximum absolute atomic E-state index is 13.0. The van der Waals surface area contributed by atoms with E-state index in [1.165, 1.54) is 47.1 Å². The first-order valence-corrected chi connectivity index (χ1v) is 10.9. The molecule has 1 aliphatic rings. The molecule has 1 amide bonds. The van der Waals surface area contributed by atoms with Crippen LogP contribution in [-0.4, -0.2) is 32.2 Å². The van der Waals surface area contributed by atoms with E-state index in [0.717, 1.165) is 25.7 Å². The van der Waals surface area contributed by atoms with Gasteiger partial charge in [-0.2, -0.15) is 0 Å². The minimum absolute atomic E-state index is 0.0950. The van der Waals surface area contributed by atoms with Crippen LogP contribution in [0, 0.1) is 11.7 Å². The van der Waals surface area contributed by atoms with E-state index in [1.807, 2.05) is 0 Å². The molecule has 2 aromatic rings. The van der Waals surface area contributed by atoms with Crippen molar-refractivity contribution in [1.29, 1.82) is 0 Å². The van der Waals surface area contributed by atoms with Crippen molar-refractivity contribution in [1.82, 2.24) is 4.31 Å². The van der Waals surface area contributed by atoms with Crippen molar-refractivity contribution in [2.24, 2.45) is 5.92 Å². The van der Waals surface area contributed by atoms with Gasteiger partial charge < -0.3 is 5.32 Å². The Balaban J connectivity index is 1.73. The average Bonchev–Trinajstić information content (AvgIpc) is 2.70. The average molecular weight is 405 g/mol. The number of carbonyl (C=O) groups excluding carboxylic acids is 1. The van der Waals surface area contributed by atoms with Gasteiger partial charge in [0.25, 0.3) is 5.91 Å². The standard InChI is InChI=1S/C21H25FN2O3S/c1-24(15-16-6-3-2-4-7-16)28(26,27)20-9-5-8-17(14-20)21(25)23-19-12-10-18(22)11-13-19/h5,8-14,16H,2-4,6-7,15H2,1H3,(H,23,25). The Labute approximate surface area is 165 Å². The van der Waals surface area contributed by atoms with Crippen LogP contribution in [0.25, 0.3) is 0 Å². The number of carbonyl (C=O) groups is 1. The Morgan fingerprint density at radius 1 is 1.11 bits per heavy atom. The molecule has 0 unspecified atom stereocenters. The summed E-state index contributed by atoms with van der Waals surface area (Å²) in [6.45, 7) is 0.494. The minimum atomic E-state index is -3.67. The second-order valence-electron chi connectivity index (χ2n) is 7.28. The lowest BCUT2D eigenvalue weighted by atomic mass is 9.89. The lowest BCUT2D eigenvalue weighted by Crippen LogP contribution is -2.32. The van der Waals surface area contributed by atoms with E-state index in [1.54, 1.807) is 19.2 Å². The summed E-state index contributed by atoms with van der Waals surface area (Å²) in [5, 5.41) is 2.64. The monoisotopic (exact) mass is 404 g/mol. The number of hydrogen-bond acceptors (Lipinski definition) is 3. The largest absolute Gasteiger partial charge is 0.322 e. The fourth-order valence-electron chi connectivity index (χ4n) is 3.55. The molecule has 150 valence electrons. The maximum Gasteiger partial charge on any atom is 0.255 e. The van der Waals surface area contributed by atoms with Crippen LogP contribution in [0.5, 0.6) is 0 Å². The van der Waals surface area contributed by atoms with E-state index in [9.17, 15) is 17.6 Å². The summed E-state index contributed by atoms with van der Waals surface area (Å²) in [4.78, 5) is 12.5. The van der Waals surface area contributed by atoms with Crippen molar-refractivity contribution < 1.29 is 17.6 Å². The SMILES string of the molecule is CN(CC1CCCCC1)S(=O)(=O)c1cccc(C(=O)Nc2ccc(F)cc2)c1. The molecule has 1 N–H and O–H groups in total. The van der Waals surface area contributed by atoms with Gasteiger partial charge in [-0.15, -0.1) is 0 Å². The zero-order valence-corrected chi connectivity index (χ0v) is 16.7. The number of anilines is 1. The summed E-state index contributed by atoms with van der Waals surface area (Å²) in [6, 6.07) is 11.4. The van der Waals surface area contributed by atoms with Crippen molar-refractivity contribution in [3.63, 3.8) is 0 Å². The zero-order chi connectivity index (χ0) is 20.1. The highest BCUT2D eigenvalue weighted by Gasteiger charge is 2.25. The maximum atomic E-state index is 13.0. The van der Waals surface area contributed by atoms with Crippen molar-refractivity contribution >= 4 is 21.6 Å². The molecular weight excluding hydrogens is 379 g/mol. The lowest BCUT2D eigenvalue weighted by molar-refractivity contribution is 0.102. The molecule has 0 radical (unpaired) electrons. The summed E-state index contributed by atoms with van der Waals surface area (Å²) in [5.74, 6) is -0.454. The molecule has 0 saturated heterocycles. The van der Waals surface area contributed by atoms with E-state index in [2.05, 4.69) is 5.32 Å². The lowest BCUT2D eigenvalue weighted by Gasteiger charge is -2.26. The highest BCUT2D eigenvalue weighted by atomic mass is 32.2. The predicted octanol–water partition coefficient (Wildman–Crippen LogP) is 4.28. The summed E-state index contributed by atoms with van der Waals surface area (Å²) in [5.41, 5.74) is 0.672. The number of rotatable bonds is 6. The second-order valence-corrected chi connectivity index (χ2v) is 9.32. The van der Waals surface area contributed by atoms with Gasteiger partial charge in [-0.05, 0) is 61.2 Å². The van der Waals surface area contributed by atoms with Gasteiger partial charge in [-0.25, -0.2) is 17.1 Å².